The van der Waals surface area contributed by atoms with Crippen molar-refractivity contribution in [2.45, 2.75) is 12.6 Å². The number of nitro groups is 1. The molecule has 0 N–H and O–H groups in total. The van der Waals surface area contributed by atoms with Crippen LogP contribution in [0.3, 0.4) is 0 Å². The molecule has 0 saturated heterocycles. The van der Waals surface area contributed by atoms with Gasteiger partial charge in [0.15, 0.2) is 6.17 Å². The highest BCUT2D eigenvalue weighted by molar-refractivity contribution is 5.34. The maximum Gasteiger partial charge on any atom is 0.269 e. The zero-order chi connectivity index (χ0) is 10.7. The highest BCUT2D eigenvalue weighted by Gasteiger charge is 2.12. The molecule has 0 unspecified atom stereocenters. The molecule has 0 radical (unpaired) electrons. The molecule has 15 heavy (non-hydrogen) atoms. The summed E-state index contributed by atoms with van der Waals surface area (Å²) >= 11 is 0. The van der Waals surface area contributed by atoms with E-state index in [0.29, 0.717) is 6.42 Å². The third kappa shape index (κ3) is 2.19. The van der Waals surface area contributed by atoms with Gasteiger partial charge in [0.2, 0.25) is 0 Å². The molecule has 7 heteroatoms. The minimum Gasteiger partial charge on any atom is -0.258 e. The van der Waals surface area contributed by atoms with Crippen molar-refractivity contribution in [1.82, 2.24) is 0 Å². The van der Waals surface area contributed by atoms with Crippen LogP contribution >= 0.6 is 0 Å². The minimum absolute atomic E-state index is 0.0689. The van der Waals surface area contributed by atoms with Gasteiger partial charge in [-0.1, -0.05) is 12.1 Å². The third-order valence-corrected chi connectivity index (χ3v) is 1.95. The van der Waals surface area contributed by atoms with E-state index in [2.05, 4.69) is 20.7 Å². The van der Waals surface area contributed by atoms with Gasteiger partial charge in [0, 0.05) is 18.6 Å². The van der Waals surface area contributed by atoms with Gasteiger partial charge in [-0.2, -0.15) is 0 Å². The van der Waals surface area contributed by atoms with Gasteiger partial charge in [0.25, 0.3) is 5.69 Å². The lowest BCUT2D eigenvalue weighted by atomic mass is 10.1. The number of benzene rings is 1. The molecular weight excluding hydrogens is 198 g/mol. The predicted octanol–water partition coefficient (Wildman–Crippen LogP) is 2.30. The molecule has 1 aliphatic rings. The van der Waals surface area contributed by atoms with Gasteiger partial charge in [0.1, 0.15) is 0 Å². The number of non-ortho nitro benzene ring substituents is 1. The van der Waals surface area contributed by atoms with Crippen molar-refractivity contribution in [1.29, 1.82) is 0 Å². The second-order valence-electron chi connectivity index (χ2n) is 3.02. The number of hydrogen-bond acceptors (Lipinski definition) is 6. The van der Waals surface area contributed by atoms with Crippen LogP contribution in [0.2, 0.25) is 0 Å². The molecule has 0 aliphatic carbocycles. The molecule has 1 aliphatic heterocycles. The van der Waals surface area contributed by atoms with Crippen LogP contribution in [0.5, 0.6) is 0 Å². The van der Waals surface area contributed by atoms with Crippen LogP contribution in [0, 0.1) is 10.1 Å². The lowest BCUT2D eigenvalue weighted by molar-refractivity contribution is -0.384. The monoisotopic (exact) mass is 205 g/mol. The van der Waals surface area contributed by atoms with Crippen LogP contribution < -0.4 is 0 Å². The van der Waals surface area contributed by atoms with Crippen molar-refractivity contribution in [2.75, 3.05) is 0 Å². The maximum absolute atomic E-state index is 10.5. The fraction of sp³-hybridized carbons (Fsp3) is 0.250. The predicted molar refractivity (Wildman–Crippen MR) is 50.3 cm³/mol. The average molecular weight is 205 g/mol. The van der Waals surface area contributed by atoms with Crippen molar-refractivity contribution in [3.05, 3.63) is 39.9 Å². The smallest absolute Gasteiger partial charge is 0.258 e. The summed E-state index contributed by atoms with van der Waals surface area (Å²) in [4.78, 5) is 10.1. The first-order chi connectivity index (χ1) is 7.25. The fourth-order valence-electron chi connectivity index (χ4n) is 1.28. The van der Waals surface area contributed by atoms with Gasteiger partial charge in [-0.25, -0.2) is 0 Å². The first-order valence-electron chi connectivity index (χ1n) is 4.29. The topological polar surface area (TPSA) is 92.6 Å². The first-order valence-corrected chi connectivity index (χ1v) is 4.29. The van der Waals surface area contributed by atoms with E-state index in [1.54, 1.807) is 12.1 Å². The van der Waals surface area contributed by atoms with Crippen LogP contribution in [0.25, 0.3) is 0 Å². The summed E-state index contributed by atoms with van der Waals surface area (Å²) in [6, 6.07) is 6.37. The molecule has 0 bridgehead atoms. The summed E-state index contributed by atoms with van der Waals surface area (Å²) in [5.74, 6) is 0. The molecule has 1 heterocycles. The Balaban J connectivity index is 2.14. The van der Waals surface area contributed by atoms with Crippen molar-refractivity contribution in [3.63, 3.8) is 0 Å². The van der Waals surface area contributed by atoms with E-state index in [-0.39, 0.29) is 11.9 Å². The Morgan fingerprint density at radius 2 is 2.07 bits per heavy atom. The molecule has 0 saturated carbocycles. The Morgan fingerprint density at radius 1 is 1.33 bits per heavy atom. The van der Waals surface area contributed by atoms with E-state index in [0.717, 1.165) is 5.56 Å². The number of nitro benzene ring substituents is 1. The first kappa shape index (κ1) is 9.38. The van der Waals surface area contributed by atoms with Gasteiger partial charge >= 0.3 is 0 Å². The summed E-state index contributed by atoms with van der Waals surface area (Å²) in [7, 11) is 0. The normalized spacial score (nSPS) is 14.7. The Morgan fingerprint density at radius 3 is 2.73 bits per heavy atom. The Bertz CT molecular complexity index is 430. The molecule has 0 aromatic heterocycles. The maximum atomic E-state index is 10.5. The molecule has 0 spiro atoms. The minimum atomic E-state index is -0.429. The van der Waals surface area contributed by atoms with Crippen LogP contribution in [0.4, 0.5) is 5.69 Å². The molecule has 7 nitrogen and oxygen atoms in total. The summed E-state index contributed by atoms with van der Waals surface area (Å²) < 4.78 is 0. The summed E-state index contributed by atoms with van der Waals surface area (Å²) in [6.45, 7) is 0. The average Bonchev–Trinajstić information content (AvgIpc) is 2.71. The highest BCUT2D eigenvalue weighted by Crippen LogP contribution is 2.17. The lowest BCUT2D eigenvalue weighted by Crippen LogP contribution is -2.02. The Labute approximate surface area is 84.7 Å². The SMILES string of the molecule is O=[N+]([O-])c1cccc(CC2N=NN=N2)c1. The molecule has 0 atom stereocenters. The fourth-order valence-corrected chi connectivity index (χ4v) is 1.28. The molecule has 2 rings (SSSR count). The van der Waals surface area contributed by atoms with Gasteiger partial charge < -0.3 is 0 Å². The second kappa shape index (κ2) is 3.91. The van der Waals surface area contributed by atoms with E-state index in [4.69, 9.17) is 0 Å². The number of nitrogens with zero attached hydrogens (tertiary/aromatic N) is 5. The summed E-state index contributed by atoms with van der Waals surface area (Å²) in [5.41, 5.74) is 0.869. The van der Waals surface area contributed by atoms with E-state index >= 15 is 0 Å². The third-order valence-electron chi connectivity index (χ3n) is 1.95. The van der Waals surface area contributed by atoms with E-state index in [1.165, 1.54) is 12.1 Å². The zero-order valence-corrected chi connectivity index (χ0v) is 7.65. The van der Waals surface area contributed by atoms with Crippen molar-refractivity contribution in [3.8, 4) is 0 Å². The molecule has 1 aromatic carbocycles. The Kier molecular flexibility index (Phi) is 2.44. The van der Waals surface area contributed by atoms with Crippen LogP contribution in [0.15, 0.2) is 44.9 Å². The van der Waals surface area contributed by atoms with Crippen LogP contribution in [-0.4, -0.2) is 11.1 Å². The second-order valence-corrected chi connectivity index (χ2v) is 3.02. The number of hydrogen-bond donors (Lipinski definition) is 0. The zero-order valence-electron chi connectivity index (χ0n) is 7.65. The molecule has 0 amide bonds. The molecule has 0 fully saturated rings. The van der Waals surface area contributed by atoms with E-state index in [9.17, 15) is 10.1 Å². The summed E-state index contributed by atoms with van der Waals surface area (Å²) in [6.07, 6.45) is 0.140. The largest absolute Gasteiger partial charge is 0.269 e. The van der Waals surface area contributed by atoms with E-state index < -0.39 is 4.92 Å². The van der Waals surface area contributed by atoms with Gasteiger partial charge in [-0.15, -0.1) is 10.2 Å². The molecule has 1 aromatic rings. The molecular formula is C8H7N5O2. The van der Waals surface area contributed by atoms with Gasteiger partial charge in [0.05, 0.1) is 4.92 Å². The van der Waals surface area contributed by atoms with Crippen molar-refractivity contribution < 1.29 is 4.92 Å². The highest BCUT2D eigenvalue weighted by atomic mass is 16.6. The van der Waals surface area contributed by atoms with E-state index in [1.807, 2.05) is 0 Å². The molecule has 76 valence electrons. The van der Waals surface area contributed by atoms with Gasteiger partial charge in [-0.05, 0) is 16.0 Å². The van der Waals surface area contributed by atoms with Crippen LogP contribution in [0.1, 0.15) is 5.56 Å². The van der Waals surface area contributed by atoms with Gasteiger partial charge in [-0.3, -0.25) is 10.1 Å². The van der Waals surface area contributed by atoms with Crippen molar-refractivity contribution in [2.24, 2.45) is 20.7 Å². The number of rotatable bonds is 3. The standard InChI is InChI=1S/C8H7N5O2/c14-13(15)7-3-1-2-6(4-7)5-8-9-11-12-10-8/h1-4,8H,5H2. The summed E-state index contributed by atoms with van der Waals surface area (Å²) in [5, 5.41) is 24.7. The quantitative estimate of drug-likeness (QED) is 0.559. The lowest BCUT2D eigenvalue weighted by Gasteiger charge is -2.00. The Hall–Kier alpha value is -2.18. The van der Waals surface area contributed by atoms with Crippen molar-refractivity contribution >= 4 is 5.69 Å². The van der Waals surface area contributed by atoms with Crippen LogP contribution in [-0.2, 0) is 6.42 Å².